The van der Waals surface area contributed by atoms with Crippen molar-refractivity contribution >= 4 is 11.9 Å². The summed E-state index contributed by atoms with van der Waals surface area (Å²) in [5.74, 6) is 1.10. The van der Waals surface area contributed by atoms with Crippen molar-refractivity contribution < 1.29 is 14.1 Å². The minimum atomic E-state index is -0.797. The topological polar surface area (TPSA) is 91.6 Å². The van der Waals surface area contributed by atoms with E-state index in [2.05, 4.69) is 20.4 Å². The molecule has 1 atom stereocenters. The van der Waals surface area contributed by atoms with Crippen molar-refractivity contribution in [3.63, 3.8) is 0 Å². The fourth-order valence-electron chi connectivity index (χ4n) is 3.10. The molecule has 2 aliphatic heterocycles. The smallest absolute Gasteiger partial charge is 0.325 e. The number of nitrogens with one attached hydrogen (secondary N) is 1. The van der Waals surface area contributed by atoms with E-state index >= 15 is 0 Å². The molecular weight excluding hydrogens is 286 g/mol. The van der Waals surface area contributed by atoms with Gasteiger partial charge in [0.25, 0.3) is 5.91 Å². The van der Waals surface area contributed by atoms with Crippen LogP contribution >= 0.6 is 0 Å². The molecule has 8 heteroatoms. The molecule has 2 aliphatic rings. The van der Waals surface area contributed by atoms with Crippen LogP contribution in [-0.2, 0) is 17.8 Å². The molecule has 0 aromatic carbocycles. The monoisotopic (exact) mass is 307 g/mol. The van der Waals surface area contributed by atoms with Crippen LogP contribution in [0.3, 0.4) is 0 Å². The lowest BCUT2D eigenvalue weighted by molar-refractivity contribution is -0.132. The highest BCUT2D eigenvalue weighted by molar-refractivity contribution is 6.07. The van der Waals surface area contributed by atoms with Crippen molar-refractivity contribution in [2.45, 2.75) is 51.7 Å². The van der Waals surface area contributed by atoms with Crippen LogP contribution in [0.15, 0.2) is 4.52 Å². The molecule has 0 saturated carbocycles. The summed E-state index contributed by atoms with van der Waals surface area (Å²) in [6.45, 7) is 7.33. The maximum Gasteiger partial charge on any atom is 0.325 e. The molecule has 3 amide bonds. The van der Waals surface area contributed by atoms with Crippen LogP contribution in [0.5, 0.6) is 0 Å². The molecule has 2 saturated heterocycles. The fraction of sp³-hybridized carbons (Fsp3) is 0.714. The molecule has 8 nitrogen and oxygen atoms in total. The van der Waals surface area contributed by atoms with Crippen LogP contribution in [0.2, 0.25) is 0 Å². The van der Waals surface area contributed by atoms with E-state index in [9.17, 15) is 9.59 Å². The number of hydrogen-bond acceptors (Lipinski definition) is 6. The van der Waals surface area contributed by atoms with Gasteiger partial charge in [-0.15, -0.1) is 0 Å². The quantitative estimate of drug-likeness (QED) is 0.816. The molecule has 3 heterocycles. The van der Waals surface area contributed by atoms with E-state index in [1.807, 2.05) is 20.8 Å². The van der Waals surface area contributed by atoms with Gasteiger partial charge in [-0.25, -0.2) is 4.79 Å². The van der Waals surface area contributed by atoms with Crippen LogP contribution < -0.4 is 5.32 Å². The number of hydrogen-bond donors (Lipinski definition) is 1. The van der Waals surface area contributed by atoms with Crippen molar-refractivity contribution in [1.29, 1.82) is 0 Å². The molecule has 2 fully saturated rings. The van der Waals surface area contributed by atoms with Crippen molar-refractivity contribution in [1.82, 2.24) is 25.3 Å². The average molecular weight is 307 g/mol. The Hall–Kier alpha value is -1.96. The Labute approximate surface area is 128 Å². The van der Waals surface area contributed by atoms with Gasteiger partial charge in [0.05, 0.1) is 6.54 Å². The zero-order valence-electron chi connectivity index (χ0n) is 13.1. The first kappa shape index (κ1) is 15.0. The predicted octanol–water partition coefficient (Wildman–Crippen LogP) is 0.537. The molecule has 1 aromatic heterocycles. The Kier molecular flexibility index (Phi) is 3.64. The van der Waals surface area contributed by atoms with E-state index in [1.54, 1.807) is 0 Å². The second-order valence-corrected chi connectivity index (χ2v) is 6.20. The zero-order chi connectivity index (χ0) is 15.9. The van der Waals surface area contributed by atoms with Gasteiger partial charge in [-0.2, -0.15) is 4.98 Å². The van der Waals surface area contributed by atoms with Gasteiger partial charge in [0.15, 0.2) is 5.82 Å². The molecule has 3 rings (SSSR count). The number of rotatable bonds is 4. The summed E-state index contributed by atoms with van der Waals surface area (Å²) in [6, 6.07) is -0.433. The van der Waals surface area contributed by atoms with Crippen LogP contribution in [-0.4, -0.2) is 56.5 Å². The van der Waals surface area contributed by atoms with E-state index in [4.69, 9.17) is 4.52 Å². The fourth-order valence-corrected chi connectivity index (χ4v) is 3.10. The molecule has 1 aromatic rings. The van der Waals surface area contributed by atoms with E-state index in [-0.39, 0.29) is 18.0 Å². The highest BCUT2D eigenvalue weighted by atomic mass is 16.5. The number of aromatic nitrogens is 2. The highest BCUT2D eigenvalue weighted by Crippen LogP contribution is 2.30. The number of carbonyl (C=O) groups is 2. The molecule has 120 valence electrons. The van der Waals surface area contributed by atoms with Crippen molar-refractivity contribution in [2.75, 3.05) is 13.1 Å². The number of likely N-dealkylation sites (tertiary alicyclic amines) is 1. The lowest BCUT2D eigenvalue weighted by Crippen LogP contribution is -2.49. The predicted molar refractivity (Wildman–Crippen MR) is 76.8 cm³/mol. The van der Waals surface area contributed by atoms with E-state index in [0.29, 0.717) is 37.8 Å². The summed E-state index contributed by atoms with van der Waals surface area (Å²) in [7, 11) is 0. The van der Waals surface area contributed by atoms with Gasteiger partial charge in [-0.05, 0) is 20.3 Å². The number of nitrogens with zero attached hydrogens (tertiary/aromatic N) is 4. The minimum Gasteiger partial charge on any atom is -0.338 e. The Morgan fingerprint density at radius 3 is 2.77 bits per heavy atom. The number of amides is 3. The van der Waals surface area contributed by atoms with Gasteiger partial charge in [0.1, 0.15) is 5.54 Å². The van der Waals surface area contributed by atoms with Crippen molar-refractivity contribution in [3.05, 3.63) is 11.7 Å². The normalized spacial score (nSPS) is 25.7. The lowest BCUT2D eigenvalue weighted by Gasteiger charge is -2.22. The van der Waals surface area contributed by atoms with E-state index < -0.39 is 5.54 Å². The van der Waals surface area contributed by atoms with Gasteiger partial charge >= 0.3 is 6.03 Å². The molecule has 0 aliphatic carbocycles. The van der Waals surface area contributed by atoms with Gasteiger partial charge in [0.2, 0.25) is 5.89 Å². The number of urea groups is 1. The Bertz CT molecular complexity index is 599. The number of carbonyl (C=O) groups excluding carboxylic acids is 2. The number of aryl methyl sites for hydroxylation is 1. The van der Waals surface area contributed by atoms with Gasteiger partial charge in [-0.1, -0.05) is 12.1 Å². The van der Waals surface area contributed by atoms with Gasteiger partial charge in [-0.3, -0.25) is 14.6 Å². The Morgan fingerprint density at radius 2 is 2.18 bits per heavy atom. The Morgan fingerprint density at radius 1 is 1.41 bits per heavy atom. The summed E-state index contributed by atoms with van der Waals surface area (Å²) in [5.41, 5.74) is -0.797. The van der Waals surface area contributed by atoms with Crippen LogP contribution in [0.25, 0.3) is 0 Å². The molecule has 1 unspecified atom stereocenters. The van der Waals surface area contributed by atoms with Crippen molar-refractivity contribution in [3.8, 4) is 0 Å². The minimum absolute atomic E-state index is 0.130. The Balaban J connectivity index is 1.69. The third-order valence-corrected chi connectivity index (χ3v) is 4.24. The third kappa shape index (κ3) is 2.37. The average Bonchev–Trinajstić information content (AvgIpc) is 3.12. The molecule has 0 radical (unpaired) electrons. The first-order valence-electron chi connectivity index (χ1n) is 7.65. The first-order valence-corrected chi connectivity index (χ1v) is 7.65. The van der Waals surface area contributed by atoms with Crippen LogP contribution in [0.4, 0.5) is 4.79 Å². The largest absolute Gasteiger partial charge is 0.338 e. The standard InChI is InChI=1S/C14H21N5O3/c1-4-10-15-11(22-17-10)7-18-6-5-14(8-18)12(20)19(9(2)3)13(21)16-14/h9H,4-8H2,1-3H3,(H,16,21). The highest BCUT2D eigenvalue weighted by Gasteiger charge is 2.55. The molecule has 1 N–H and O–H groups in total. The maximum atomic E-state index is 12.6. The lowest BCUT2D eigenvalue weighted by atomic mass is 9.99. The maximum absolute atomic E-state index is 12.6. The van der Waals surface area contributed by atoms with Gasteiger partial charge in [0, 0.05) is 25.6 Å². The summed E-state index contributed by atoms with van der Waals surface area (Å²) >= 11 is 0. The second-order valence-electron chi connectivity index (χ2n) is 6.20. The first-order chi connectivity index (χ1) is 10.4. The zero-order valence-corrected chi connectivity index (χ0v) is 13.1. The van der Waals surface area contributed by atoms with Gasteiger partial charge < -0.3 is 9.84 Å². The second kappa shape index (κ2) is 5.35. The summed E-state index contributed by atoms with van der Waals surface area (Å²) in [6.07, 6.45) is 1.33. The van der Waals surface area contributed by atoms with Crippen molar-refractivity contribution in [2.24, 2.45) is 0 Å². The SMILES string of the molecule is CCc1noc(CN2CCC3(C2)NC(=O)N(C(C)C)C3=O)n1. The molecule has 1 spiro atoms. The summed E-state index contributed by atoms with van der Waals surface area (Å²) < 4.78 is 5.19. The van der Waals surface area contributed by atoms with Crippen LogP contribution in [0.1, 0.15) is 38.9 Å². The van der Waals surface area contributed by atoms with E-state index in [1.165, 1.54) is 4.90 Å². The van der Waals surface area contributed by atoms with Crippen LogP contribution in [0, 0.1) is 0 Å². The molecule has 22 heavy (non-hydrogen) atoms. The summed E-state index contributed by atoms with van der Waals surface area (Å²) in [4.78, 5) is 32.3. The third-order valence-electron chi connectivity index (χ3n) is 4.24. The molecular formula is C14H21N5O3. The molecule has 0 bridgehead atoms. The summed E-state index contributed by atoms with van der Waals surface area (Å²) in [5, 5.41) is 6.74. The number of imide groups is 1. The van der Waals surface area contributed by atoms with E-state index in [0.717, 1.165) is 6.42 Å².